The second-order valence-corrected chi connectivity index (χ2v) is 5.75. The Balaban J connectivity index is 2.48. The summed E-state index contributed by atoms with van der Waals surface area (Å²) >= 11 is 11.5. The highest BCUT2D eigenvalue weighted by Crippen LogP contribution is 2.24. The smallest absolute Gasteiger partial charge is 0.179 e. The predicted molar refractivity (Wildman–Crippen MR) is 81.4 cm³/mol. The maximum Gasteiger partial charge on any atom is 0.179 e. The van der Waals surface area contributed by atoms with Gasteiger partial charge in [0.15, 0.2) is 5.82 Å². The first kappa shape index (κ1) is 14.1. The second-order valence-electron chi connectivity index (χ2n) is 3.39. The minimum absolute atomic E-state index is 0.393. The van der Waals surface area contributed by atoms with Crippen molar-refractivity contribution < 1.29 is 4.74 Å². The van der Waals surface area contributed by atoms with Crippen molar-refractivity contribution in [1.82, 2.24) is 15.0 Å². The van der Waals surface area contributed by atoms with Crippen LogP contribution in [0.5, 0.6) is 0 Å². The molecule has 2 heterocycles. The molecular formula is C11H8BrClIN3O. The molecule has 0 aromatic carbocycles. The number of hydrogen-bond acceptors (Lipinski definition) is 4. The fraction of sp³-hybridized carbons (Fsp3) is 0.182. The molecule has 0 aliphatic rings. The summed E-state index contributed by atoms with van der Waals surface area (Å²) in [7, 11) is 1.61. The molecule has 94 valence electrons. The van der Waals surface area contributed by atoms with Gasteiger partial charge < -0.3 is 4.74 Å². The molecule has 7 heteroatoms. The lowest BCUT2D eigenvalue weighted by atomic mass is 10.3. The molecule has 0 bridgehead atoms. The number of nitrogens with zero attached hydrogens (tertiary/aromatic N) is 3. The molecule has 0 spiro atoms. The van der Waals surface area contributed by atoms with Crippen molar-refractivity contribution in [1.29, 1.82) is 0 Å². The van der Waals surface area contributed by atoms with E-state index in [1.807, 2.05) is 12.1 Å². The number of pyridine rings is 1. The van der Waals surface area contributed by atoms with Crippen LogP contribution in [-0.2, 0) is 11.3 Å². The summed E-state index contributed by atoms with van der Waals surface area (Å²) in [5, 5.41) is 0.414. The average molecular weight is 440 g/mol. The van der Waals surface area contributed by atoms with E-state index in [2.05, 4.69) is 53.5 Å². The highest BCUT2D eigenvalue weighted by atomic mass is 127. The third-order valence-corrected chi connectivity index (χ3v) is 4.31. The standard InChI is InChI=1S/C11H8BrClIN3O/c1-18-5-8-9(14)10(13)17-11(16-8)7-3-2-6(12)4-15-7/h2-4H,5H2,1H3. The molecule has 2 aromatic rings. The molecule has 4 nitrogen and oxygen atoms in total. The Bertz CT molecular complexity index is 565. The maximum atomic E-state index is 6.08. The minimum atomic E-state index is 0.393. The van der Waals surface area contributed by atoms with E-state index in [-0.39, 0.29) is 0 Å². The van der Waals surface area contributed by atoms with Crippen LogP contribution in [0.3, 0.4) is 0 Å². The first-order valence-electron chi connectivity index (χ1n) is 4.94. The van der Waals surface area contributed by atoms with E-state index >= 15 is 0 Å². The Morgan fingerprint density at radius 3 is 2.78 bits per heavy atom. The Kier molecular flexibility index (Phi) is 4.88. The summed E-state index contributed by atoms with van der Waals surface area (Å²) < 4.78 is 6.80. The average Bonchev–Trinajstić information content (AvgIpc) is 2.36. The second kappa shape index (κ2) is 6.23. The van der Waals surface area contributed by atoms with Gasteiger partial charge in [-0.2, -0.15) is 0 Å². The predicted octanol–water partition coefficient (Wildman–Crippen LogP) is 3.71. The summed E-state index contributed by atoms with van der Waals surface area (Å²) in [6.45, 7) is 0.393. The minimum Gasteiger partial charge on any atom is -0.378 e. The molecule has 18 heavy (non-hydrogen) atoms. The zero-order valence-electron chi connectivity index (χ0n) is 9.32. The summed E-state index contributed by atoms with van der Waals surface area (Å²) in [6, 6.07) is 3.72. The van der Waals surface area contributed by atoms with E-state index < -0.39 is 0 Å². The molecule has 0 radical (unpaired) electrons. The van der Waals surface area contributed by atoms with Crippen molar-refractivity contribution in [3.8, 4) is 11.5 Å². The summed E-state index contributed by atoms with van der Waals surface area (Å²) in [5.41, 5.74) is 1.44. The van der Waals surface area contributed by atoms with Crippen LogP contribution in [0.25, 0.3) is 11.5 Å². The summed E-state index contributed by atoms with van der Waals surface area (Å²) in [6.07, 6.45) is 1.69. The van der Waals surface area contributed by atoms with Crippen LogP contribution in [0.4, 0.5) is 0 Å². The van der Waals surface area contributed by atoms with Gasteiger partial charge >= 0.3 is 0 Å². The van der Waals surface area contributed by atoms with Gasteiger partial charge in [0.05, 0.1) is 15.9 Å². The van der Waals surface area contributed by atoms with E-state index in [4.69, 9.17) is 16.3 Å². The molecule has 0 amide bonds. The normalized spacial score (nSPS) is 10.7. The lowest BCUT2D eigenvalue weighted by Crippen LogP contribution is -2.02. The number of ether oxygens (including phenoxy) is 1. The van der Waals surface area contributed by atoms with Crippen molar-refractivity contribution >= 4 is 50.1 Å². The van der Waals surface area contributed by atoms with E-state index in [1.165, 1.54) is 0 Å². The van der Waals surface area contributed by atoms with Crippen LogP contribution in [-0.4, -0.2) is 22.1 Å². The van der Waals surface area contributed by atoms with E-state index in [0.717, 1.165) is 13.7 Å². The van der Waals surface area contributed by atoms with Gasteiger partial charge in [0, 0.05) is 17.8 Å². The van der Waals surface area contributed by atoms with Crippen molar-refractivity contribution in [2.24, 2.45) is 0 Å². The van der Waals surface area contributed by atoms with Crippen LogP contribution in [0.2, 0.25) is 5.15 Å². The molecule has 0 fully saturated rings. The number of hydrogen-bond donors (Lipinski definition) is 0. The number of aromatic nitrogens is 3. The molecular weight excluding hydrogens is 432 g/mol. The molecule has 0 aliphatic carbocycles. The van der Waals surface area contributed by atoms with Gasteiger partial charge in [-0.3, -0.25) is 4.98 Å². The number of halogens is 3. The Morgan fingerprint density at radius 1 is 1.39 bits per heavy atom. The summed E-state index contributed by atoms with van der Waals surface area (Å²) in [5.74, 6) is 0.500. The van der Waals surface area contributed by atoms with Crippen molar-refractivity contribution in [2.45, 2.75) is 6.61 Å². The quantitative estimate of drug-likeness (QED) is 0.540. The molecule has 2 aromatic heterocycles. The fourth-order valence-corrected chi connectivity index (χ4v) is 2.14. The largest absolute Gasteiger partial charge is 0.378 e. The Hall–Kier alpha value is -0.310. The SMILES string of the molecule is COCc1nc(-c2ccc(Br)cn2)nc(Cl)c1I. The lowest BCUT2D eigenvalue weighted by Gasteiger charge is -2.07. The third-order valence-electron chi connectivity index (χ3n) is 2.12. The van der Waals surface area contributed by atoms with Gasteiger partial charge in [-0.05, 0) is 50.7 Å². The van der Waals surface area contributed by atoms with Gasteiger partial charge in [0.25, 0.3) is 0 Å². The lowest BCUT2D eigenvalue weighted by molar-refractivity contribution is 0.181. The van der Waals surface area contributed by atoms with Crippen molar-refractivity contribution in [3.05, 3.63) is 37.2 Å². The number of rotatable bonds is 3. The Labute approximate surface area is 131 Å². The molecule has 0 saturated heterocycles. The number of methoxy groups -OCH3 is 1. The highest BCUT2D eigenvalue weighted by molar-refractivity contribution is 14.1. The van der Waals surface area contributed by atoms with Crippen molar-refractivity contribution in [3.63, 3.8) is 0 Å². The van der Waals surface area contributed by atoms with Gasteiger partial charge in [0.1, 0.15) is 10.8 Å². The van der Waals surface area contributed by atoms with E-state index in [1.54, 1.807) is 13.3 Å². The zero-order chi connectivity index (χ0) is 13.1. The molecule has 0 N–H and O–H groups in total. The van der Waals surface area contributed by atoms with E-state index in [0.29, 0.717) is 23.3 Å². The van der Waals surface area contributed by atoms with Crippen LogP contribution in [0.15, 0.2) is 22.8 Å². The third kappa shape index (κ3) is 3.17. The fourth-order valence-electron chi connectivity index (χ4n) is 1.32. The first-order valence-corrected chi connectivity index (χ1v) is 7.19. The van der Waals surface area contributed by atoms with E-state index in [9.17, 15) is 0 Å². The Morgan fingerprint density at radius 2 is 2.17 bits per heavy atom. The zero-order valence-corrected chi connectivity index (χ0v) is 13.8. The maximum absolute atomic E-state index is 6.08. The van der Waals surface area contributed by atoms with Crippen LogP contribution >= 0.6 is 50.1 Å². The molecule has 0 saturated carbocycles. The topological polar surface area (TPSA) is 47.9 Å². The van der Waals surface area contributed by atoms with Gasteiger partial charge in [-0.15, -0.1) is 0 Å². The molecule has 0 unspecified atom stereocenters. The highest BCUT2D eigenvalue weighted by Gasteiger charge is 2.12. The van der Waals surface area contributed by atoms with Gasteiger partial charge in [-0.1, -0.05) is 11.6 Å². The monoisotopic (exact) mass is 439 g/mol. The van der Waals surface area contributed by atoms with Gasteiger partial charge in [-0.25, -0.2) is 9.97 Å². The van der Waals surface area contributed by atoms with Crippen LogP contribution in [0.1, 0.15) is 5.69 Å². The molecule has 2 rings (SSSR count). The summed E-state index contributed by atoms with van der Waals surface area (Å²) in [4.78, 5) is 12.9. The van der Waals surface area contributed by atoms with Crippen molar-refractivity contribution in [2.75, 3.05) is 7.11 Å². The first-order chi connectivity index (χ1) is 8.61. The molecule has 0 aliphatic heterocycles. The van der Waals surface area contributed by atoms with Crippen LogP contribution < -0.4 is 0 Å². The molecule has 0 atom stereocenters. The van der Waals surface area contributed by atoms with Crippen LogP contribution in [0, 0.1) is 3.57 Å². The van der Waals surface area contributed by atoms with Gasteiger partial charge in [0.2, 0.25) is 0 Å².